The van der Waals surface area contributed by atoms with Crippen LogP contribution in [0.5, 0.6) is 0 Å². The first-order valence-electron chi connectivity index (χ1n) is 10.4. The summed E-state index contributed by atoms with van der Waals surface area (Å²) in [6, 6.07) is -1.80. The summed E-state index contributed by atoms with van der Waals surface area (Å²) in [5, 5.41) is 0. The van der Waals surface area contributed by atoms with Crippen LogP contribution in [-0.4, -0.2) is 5.78 Å². The molecule has 20 heavy (non-hydrogen) atoms. The van der Waals surface area contributed by atoms with Crippen molar-refractivity contribution in [1.29, 1.82) is 0 Å². The van der Waals surface area contributed by atoms with E-state index in [-0.39, 0.29) is 18.0 Å². The average molecular weight is 281 g/mol. The van der Waals surface area contributed by atoms with Gasteiger partial charge in [-0.2, -0.15) is 0 Å². The van der Waals surface area contributed by atoms with E-state index in [9.17, 15) is 4.79 Å². The van der Waals surface area contributed by atoms with Gasteiger partial charge in [0.2, 0.25) is 0 Å². The Morgan fingerprint density at radius 1 is 1.30 bits per heavy atom. The maximum Gasteiger partial charge on any atom is 0.141 e. The van der Waals surface area contributed by atoms with E-state index in [1.807, 2.05) is 0 Å². The first kappa shape index (κ1) is 9.02. The van der Waals surface area contributed by atoms with Crippen LogP contribution in [0.4, 0.5) is 0 Å². The first-order valence-corrected chi connectivity index (χ1v) is 6.91. The SMILES string of the molecule is [2H]c1c([2H])c(C)c([2H])c(C([2H])([2H])[C@]([2H])(CC(C)(C)C)C(=O)C(C)(C)C)c1[2H]. The van der Waals surface area contributed by atoms with Crippen LogP contribution in [0, 0.1) is 23.6 Å². The summed E-state index contributed by atoms with van der Waals surface area (Å²) in [4.78, 5) is 13.2. The van der Waals surface area contributed by atoms with Gasteiger partial charge in [0, 0.05) is 15.4 Å². The largest absolute Gasteiger partial charge is 0.299 e. The zero-order valence-corrected chi connectivity index (χ0v) is 13.6. The van der Waals surface area contributed by atoms with Crippen molar-refractivity contribution in [2.45, 2.75) is 61.3 Å². The van der Waals surface area contributed by atoms with Crippen molar-refractivity contribution in [3.8, 4) is 0 Å². The lowest BCUT2D eigenvalue weighted by molar-refractivity contribution is -0.131. The Kier molecular flexibility index (Phi) is 2.76. The van der Waals surface area contributed by atoms with Crippen LogP contribution in [-0.2, 0) is 11.2 Å². The van der Waals surface area contributed by atoms with Crippen LogP contribution in [0.1, 0.15) is 68.7 Å². The summed E-state index contributed by atoms with van der Waals surface area (Å²) >= 11 is 0. The normalized spacial score (nSPS) is 21.4. The summed E-state index contributed by atoms with van der Waals surface area (Å²) in [6.07, 6.45) is -2.79. The van der Waals surface area contributed by atoms with Crippen molar-refractivity contribution in [2.75, 3.05) is 0 Å². The number of Topliss-reactive ketones (excluding diaryl/α,β-unsaturated/α-hetero) is 1. The monoisotopic (exact) mass is 281 g/mol. The number of ketones is 1. The van der Waals surface area contributed by atoms with Crippen molar-refractivity contribution < 1.29 is 14.4 Å². The van der Waals surface area contributed by atoms with Crippen molar-refractivity contribution in [1.82, 2.24) is 0 Å². The second-order valence-electron chi connectivity index (χ2n) is 7.42. The second-order valence-corrected chi connectivity index (χ2v) is 7.42. The fraction of sp³-hybridized carbons (Fsp3) is 0.632. The topological polar surface area (TPSA) is 17.1 Å². The predicted octanol–water partition coefficient (Wildman–Crippen LogP) is 5.21. The molecule has 1 nitrogen and oxygen atoms in total. The molecule has 0 bridgehead atoms. The van der Waals surface area contributed by atoms with Crippen molar-refractivity contribution in [3.63, 3.8) is 0 Å². The molecular weight excluding hydrogens is 244 g/mol. The van der Waals surface area contributed by atoms with E-state index < -0.39 is 52.6 Å². The molecule has 0 spiro atoms. The highest BCUT2D eigenvalue weighted by molar-refractivity contribution is 5.86. The van der Waals surface area contributed by atoms with Crippen LogP contribution in [0.3, 0.4) is 0 Å². The Balaban J connectivity index is 3.91. The summed E-state index contributed by atoms with van der Waals surface area (Å²) in [5.41, 5.74) is -1.96. The number of hydrogen-bond acceptors (Lipinski definition) is 1. The van der Waals surface area contributed by atoms with Gasteiger partial charge >= 0.3 is 0 Å². The molecule has 0 saturated carbocycles. The molecule has 0 saturated heterocycles. The summed E-state index contributed by atoms with van der Waals surface area (Å²) in [5.74, 6) is -2.87. The molecule has 1 atom stereocenters. The molecule has 1 rings (SSSR count). The summed E-state index contributed by atoms with van der Waals surface area (Å²) < 4.78 is 58.7. The van der Waals surface area contributed by atoms with Gasteiger partial charge in [-0.3, -0.25) is 4.79 Å². The zero-order chi connectivity index (χ0) is 21.7. The molecule has 0 aliphatic rings. The number of carbonyl (C=O) groups is 1. The van der Waals surface area contributed by atoms with Crippen LogP contribution in [0.15, 0.2) is 24.2 Å². The van der Waals surface area contributed by atoms with Gasteiger partial charge in [0.15, 0.2) is 0 Å². The standard InChI is InChI=1S/C19H30O/c1-14-9-8-10-15(11-14)12-16(13-18(2,3)4)17(20)19(5,6)7/h8-11,16H,12-13H2,1-7H3/t16-/m1/s1/i8D,9D,10D,11D,12D2,16D. The maximum absolute atomic E-state index is 13.2. The van der Waals surface area contributed by atoms with E-state index in [4.69, 9.17) is 9.60 Å². The van der Waals surface area contributed by atoms with E-state index >= 15 is 0 Å². The zero-order valence-electron chi connectivity index (χ0n) is 20.6. The lowest BCUT2D eigenvalue weighted by Gasteiger charge is -2.30. The van der Waals surface area contributed by atoms with Crippen LogP contribution >= 0.6 is 0 Å². The van der Waals surface area contributed by atoms with E-state index in [1.54, 1.807) is 41.5 Å². The lowest BCUT2D eigenvalue weighted by Crippen LogP contribution is -2.32. The quantitative estimate of drug-likeness (QED) is 0.741. The molecule has 0 N–H and O–H groups in total. The summed E-state index contributed by atoms with van der Waals surface area (Å²) in [6.45, 7) is 11.7. The fourth-order valence-electron chi connectivity index (χ4n) is 1.82. The van der Waals surface area contributed by atoms with E-state index in [1.165, 1.54) is 6.92 Å². The van der Waals surface area contributed by atoms with Crippen molar-refractivity contribution in [3.05, 3.63) is 35.3 Å². The first-order chi connectivity index (χ1) is 11.8. The smallest absolute Gasteiger partial charge is 0.141 e. The second kappa shape index (κ2) is 6.11. The highest BCUT2D eigenvalue weighted by atomic mass is 16.1. The Morgan fingerprint density at radius 2 is 1.90 bits per heavy atom. The number of hydrogen-bond donors (Lipinski definition) is 0. The molecule has 112 valence electrons. The molecular formula is C19H30O. The van der Waals surface area contributed by atoms with E-state index in [2.05, 4.69) is 0 Å². The van der Waals surface area contributed by atoms with E-state index in [0.29, 0.717) is 0 Å². The lowest BCUT2D eigenvalue weighted by atomic mass is 9.73. The maximum atomic E-state index is 13.2. The minimum atomic E-state index is -2.67. The third-order valence-corrected chi connectivity index (χ3v) is 2.69. The minimum absolute atomic E-state index is 0.0659. The van der Waals surface area contributed by atoms with Gasteiger partial charge in [0.1, 0.15) is 5.78 Å². The Hall–Kier alpha value is -1.11. The summed E-state index contributed by atoms with van der Waals surface area (Å²) in [7, 11) is 0. The molecule has 0 heterocycles. The Labute approximate surface area is 134 Å². The molecule has 1 heteroatoms. The van der Waals surface area contributed by atoms with Crippen LogP contribution < -0.4 is 0 Å². The van der Waals surface area contributed by atoms with Gasteiger partial charge < -0.3 is 0 Å². The van der Waals surface area contributed by atoms with Gasteiger partial charge in [-0.15, -0.1) is 0 Å². The van der Waals surface area contributed by atoms with Crippen molar-refractivity contribution in [2.24, 2.45) is 16.7 Å². The van der Waals surface area contributed by atoms with Crippen molar-refractivity contribution >= 4 is 5.78 Å². The molecule has 0 aromatic heterocycles. The van der Waals surface area contributed by atoms with Gasteiger partial charge in [-0.1, -0.05) is 71.3 Å². The fourth-order valence-corrected chi connectivity index (χ4v) is 1.82. The molecule has 0 aliphatic carbocycles. The highest BCUT2D eigenvalue weighted by Crippen LogP contribution is 2.32. The predicted molar refractivity (Wildman–Crippen MR) is 86.9 cm³/mol. The van der Waals surface area contributed by atoms with Crippen LogP contribution in [0.2, 0.25) is 0 Å². The number of rotatable bonds is 4. The van der Waals surface area contributed by atoms with Gasteiger partial charge in [-0.05, 0) is 30.7 Å². The third kappa shape index (κ3) is 5.48. The number of carbonyl (C=O) groups excluding carboxylic acids is 1. The third-order valence-electron chi connectivity index (χ3n) is 2.69. The molecule has 0 fully saturated rings. The van der Waals surface area contributed by atoms with Gasteiger partial charge in [-0.25, -0.2) is 0 Å². The Morgan fingerprint density at radius 3 is 2.40 bits per heavy atom. The Bertz CT molecular complexity index is 728. The molecule has 0 radical (unpaired) electrons. The molecule has 1 aromatic carbocycles. The number of benzene rings is 1. The van der Waals surface area contributed by atoms with Gasteiger partial charge in [0.25, 0.3) is 0 Å². The highest BCUT2D eigenvalue weighted by Gasteiger charge is 2.32. The minimum Gasteiger partial charge on any atom is -0.299 e. The van der Waals surface area contributed by atoms with Gasteiger partial charge in [0.05, 0.1) is 5.48 Å². The molecule has 1 aromatic rings. The molecule has 0 aliphatic heterocycles. The average Bonchev–Trinajstić information content (AvgIpc) is 2.47. The molecule has 0 amide bonds. The molecule has 0 unspecified atom stereocenters. The van der Waals surface area contributed by atoms with E-state index in [0.717, 1.165) is 0 Å². The van der Waals surface area contributed by atoms with Crippen LogP contribution in [0.25, 0.3) is 0 Å².